The Morgan fingerprint density at radius 3 is 1.47 bits per heavy atom. The number of aliphatic hydroxyl groups excluding tert-OH is 3. The number of aliphatic hydroxyl groups is 5. The third-order valence-corrected chi connectivity index (χ3v) is 16.9. The van der Waals surface area contributed by atoms with Gasteiger partial charge in [0.1, 0.15) is 52.8 Å². The molecule has 14 rings (SSSR count). The largest absolute Gasteiger partial charge is 0.506 e. The average Bonchev–Trinajstić information content (AvgIpc) is 4.22. The minimum absolute atomic E-state index is 0.0332. The zero-order chi connectivity index (χ0) is 49.0. The van der Waals surface area contributed by atoms with E-state index in [1.54, 1.807) is 0 Å². The molecule has 4 bridgehead atoms. The molecule has 11 atom stereocenters. The lowest BCUT2D eigenvalue weighted by Gasteiger charge is -2.48. The average molecular weight is 973 g/mol. The van der Waals surface area contributed by atoms with E-state index in [0.29, 0.717) is 83.1 Å². The topological polar surface area (TPSA) is 284 Å². The first-order valence-corrected chi connectivity index (χ1v) is 23.6. The number of ketones is 2. The second-order valence-corrected chi connectivity index (χ2v) is 20.0. The number of phenols is 2. The highest BCUT2D eigenvalue weighted by atomic mass is 16.9. The second kappa shape index (κ2) is 14.4. The maximum Gasteiger partial charge on any atom is 0.274 e. The summed E-state index contributed by atoms with van der Waals surface area (Å²) in [6.07, 6.45) is -1.29. The molecule has 10 aliphatic rings. The Morgan fingerprint density at radius 2 is 1.07 bits per heavy atom. The third kappa shape index (κ3) is 4.88. The van der Waals surface area contributed by atoms with Crippen molar-refractivity contribution >= 4 is 33.1 Å². The van der Waals surface area contributed by atoms with Gasteiger partial charge in [-0.15, -0.1) is 0 Å². The smallest absolute Gasteiger partial charge is 0.274 e. The predicted octanol–water partition coefficient (Wildman–Crippen LogP) is 2.40. The molecule has 4 aromatic carbocycles. The van der Waals surface area contributed by atoms with Gasteiger partial charge in [-0.1, -0.05) is 0 Å². The third-order valence-electron chi connectivity index (χ3n) is 16.9. The van der Waals surface area contributed by atoms with Gasteiger partial charge in [0.2, 0.25) is 22.8 Å². The van der Waals surface area contributed by atoms with Gasteiger partial charge in [0.25, 0.3) is 11.6 Å². The second-order valence-electron chi connectivity index (χ2n) is 20.0. The standard InChI is InChI=1S/2C25H26O10/c1-10-7-12-17(18(28)16-11(19(12)31-3)5-4-6-13(16)27)20-15(10)21-22-24(29,33-20)23(9-32-23)25(34-21,35-22)14(8-26)30-2;1-10-6-13-17(18(29)16-12(19(13)31-2)4-3-5-14(16)28)20-15(10)21-22-24(30,33-20)23(9-32-23)25(34-21,35-22)11(7-26)8-27/h7,14,21-22,26,28-29H,4-6,8-9H2,1-3H3;6,11,21-22,26-27,29-30H,3-5,7-9H2,1-2H3/t14?,21?,22?,23-,24-,25?;21?,22?,23-,24+,25?/m00/s1. The Morgan fingerprint density at radius 1 is 0.643 bits per heavy atom. The van der Waals surface area contributed by atoms with Crippen LogP contribution in [0.3, 0.4) is 0 Å². The summed E-state index contributed by atoms with van der Waals surface area (Å²) in [6, 6.07) is 3.71. The van der Waals surface area contributed by atoms with Crippen molar-refractivity contribution in [3.63, 3.8) is 0 Å². The lowest BCUT2D eigenvalue weighted by molar-refractivity contribution is -0.307. The van der Waals surface area contributed by atoms with Gasteiger partial charge in [0.15, 0.2) is 23.8 Å². The Kier molecular flexibility index (Phi) is 9.24. The molecule has 70 heavy (non-hydrogen) atoms. The van der Waals surface area contributed by atoms with Crippen molar-refractivity contribution in [1.29, 1.82) is 0 Å². The zero-order valence-corrected chi connectivity index (χ0v) is 38.8. The Bertz CT molecular complexity index is 2820. The van der Waals surface area contributed by atoms with Crippen molar-refractivity contribution in [3.8, 4) is 34.5 Å². The molecular formula is C50H52O20. The molecule has 0 saturated carbocycles. The molecule has 2 spiro atoms. The SMILES string of the molecule is COc1c2c(c(O)c3c4c(c(C)cc13)C1OC3(C(CO)CO)OC1[C@@](O)(O4)[C@@]31CO1)C(=O)CCC2.COc1c2c(c(O)c3c4c(c(C)cc13)C1OC3(C(CO)OC)OC1[C@](O)(O4)[C@@]31CO1)C(=O)CCC2. The normalized spacial score (nSPS) is 36.4. The Hall–Kier alpha value is -4.94. The molecule has 7 N–H and O–H groups in total. The number of hydrogen-bond donors (Lipinski definition) is 7. The quantitative estimate of drug-likeness (QED) is 0.125. The number of rotatable bonds is 8. The maximum absolute atomic E-state index is 12.9. The number of benzene rings is 4. The van der Waals surface area contributed by atoms with Crippen LogP contribution in [-0.2, 0) is 46.0 Å². The van der Waals surface area contributed by atoms with E-state index in [1.165, 1.54) is 21.3 Å². The van der Waals surface area contributed by atoms with Crippen molar-refractivity contribution in [2.24, 2.45) is 5.92 Å². The van der Waals surface area contributed by atoms with E-state index in [4.69, 9.17) is 52.1 Å². The molecule has 2 aliphatic carbocycles. The molecule has 0 radical (unpaired) electrons. The summed E-state index contributed by atoms with van der Waals surface area (Å²) in [5, 5.41) is 78.3. The number of fused-ring (bicyclic) bond motifs is 16. The van der Waals surface area contributed by atoms with Crippen LogP contribution < -0.4 is 18.9 Å². The number of phenolic OH excluding ortho intramolecular Hbond substituents is 2. The van der Waals surface area contributed by atoms with Gasteiger partial charge < -0.3 is 87.9 Å². The fraction of sp³-hybridized carbons (Fsp3) is 0.560. The van der Waals surface area contributed by atoms with Crippen molar-refractivity contribution in [2.75, 3.05) is 54.4 Å². The first kappa shape index (κ1) is 45.0. The van der Waals surface area contributed by atoms with Crippen LogP contribution in [0.4, 0.5) is 0 Å². The van der Waals surface area contributed by atoms with Crippen LogP contribution in [0.15, 0.2) is 12.1 Å². The van der Waals surface area contributed by atoms with Gasteiger partial charge in [0, 0.05) is 53.0 Å². The summed E-state index contributed by atoms with van der Waals surface area (Å²) in [4.78, 5) is 25.7. The van der Waals surface area contributed by atoms with Gasteiger partial charge in [0.05, 0.1) is 75.1 Å². The first-order chi connectivity index (χ1) is 33.6. The van der Waals surface area contributed by atoms with E-state index < -0.39 is 90.6 Å². The van der Waals surface area contributed by atoms with Gasteiger partial charge in [-0.05, 0) is 62.8 Å². The lowest BCUT2D eigenvalue weighted by Crippen LogP contribution is -2.69. The van der Waals surface area contributed by atoms with E-state index in [9.17, 15) is 45.3 Å². The molecule has 20 heteroatoms. The van der Waals surface area contributed by atoms with Crippen LogP contribution >= 0.6 is 0 Å². The van der Waals surface area contributed by atoms with Crippen molar-refractivity contribution in [1.82, 2.24) is 0 Å². The van der Waals surface area contributed by atoms with E-state index in [0.717, 1.165) is 11.1 Å². The summed E-state index contributed by atoms with van der Waals surface area (Å²) >= 11 is 0. The van der Waals surface area contributed by atoms with E-state index >= 15 is 0 Å². The molecule has 8 aliphatic heterocycles. The van der Waals surface area contributed by atoms with Crippen molar-refractivity contribution < 1.29 is 97.4 Å². The van der Waals surface area contributed by atoms with Gasteiger partial charge in [-0.3, -0.25) is 9.59 Å². The summed E-state index contributed by atoms with van der Waals surface area (Å²) < 4.78 is 66.3. The number of carbonyl (C=O) groups excluding carboxylic acids is 2. The number of hydrogen-bond acceptors (Lipinski definition) is 20. The molecule has 372 valence electrons. The molecular weight excluding hydrogens is 921 g/mol. The van der Waals surface area contributed by atoms with Crippen LogP contribution in [-0.4, -0.2) is 154 Å². The fourth-order valence-corrected chi connectivity index (χ4v) is 13.6. The number of aromatic hydroxyl groups is 2. The van der Waals surface area contributed by atoms with Gasteiger partial charge in [-0.25, -0.2) is 0 Å². The predicted molar refractivity (Wildman–Crippen MR) is 235 cm³/mol. The number of aryl methyl sites for hydroxylation is 2. The Balaban J connectivity index is 0.000000137. The van der Waals surface area contributed by atoms with Crippen LogP contribution in [0.2, 0.25) is 0 Å². The molecule has 0 aromatic heterocycles. The number of methoxy groups -OCH3 is 3. The number of ether oxygens (including phenoxy) is 11. The maximum atomic E-state index is 12.9. The molecule has 8 heterocycles. The molecule has 0 amide bonds. The van der Waals surface area contributed by atoms with E-state index in [1.807, 2.05) is 26.0 Å². The minimum Gasteiger partial charge on any atom is -0.506 e. The summed E-state index contributed by atoms with van der Waals surface area (Å²) in [5.41, 5.74) is 1.56. The van der Waals surface area contributed by atoms with Crippen LogP contribution in [0, 0.1) is 19.8 Å². The highest BCUT2D eigenvalue weighted by Crippen LogP contribution is 2.73. The van der Waals surface area contributed by atoms with Gasteiger partial charge >= 0.3 is 0 Å². The van der Waals surface area contributed by atoms with Crippen LogP contribution in [0.1, 0.15) is 92.0 Å². The number of carbonyl (C=O) groups is 2. The zero-order valence-electron chi connectivity index (χ0n) is 38.8. The number of Topliss-reactive ketones (excluding diaryl/α,β-unsaturated/α-hetero) is 2. The molecule has 4 aromatic rings. The van der Waals surface area contributed by atoms with E-state index in [-0.39, 0.29) is 69.7 Å². The summed E-state index contributed by atoms with van der Waals surface area (Å²) in [6.45, 7) is 2.50. The first-order valence-electron chi connectivity index (χ1n) is 23.6. The van der Waals surface area contributed by atoms with Gasteiger partial charge in [-0.2, -0.15) is 0 Å². The highest BCUT2D eigenvalue weighted by molar-refractivity contribution is 6.13. The van der Waals surface area contributed by atoms with Crippen LogP contribution in [0.5, 0.6) is 34.5 Å². The van der Waals surface area contributed by atoms with Crippen molar-refractivity contribution in [3.05, 3.63) is 56.6 Å². The molecule has 6 saturated heterocycles. The van der Waals surface area contributed by atoms with E-state index in [2.05, 4.69) is 0 Å². The number of epoxide rings is 2. The Labute approximate surface area is 398 Å². The van der Waals surface area contributed by atoms with Crippen LogP contribution in [0.25, 0.3) is 21.5 Å². The summed E-state index contributed by atoms with van der Waals surface area (Å²) in [5.74, 6) is -7.41. The highest BCUT2D eigenvalue weighted by Gasteiger charge is 2.93. The minimum atomic E-state index is -2.01. The van der Waals surface area contributed by atoms with Crippen molar-refractivity contribution in [2.45, 2.75) is 117 Å². The monoisotopic (exact) mass is 972 g/mol. The lowest BCUT2D eigenvalue weighted by atomic mass is 9.76. The molecule has 7 unspecified atom stereocenters. The fourth-order valence-electron chi connectivity index (χ4n) is 13.6. The molecule has 20 nitrogen and oxygen atoms in total. The molecule has 6 fully saturated rings. The summed E-state index contributed by atoms with van der Waals surface area (Å²) in [7, 11) is 4.48.